The molecule has 0 fully saturated rings. The first-order valence-corrected chi connectivity index (χ1v) is 5.37. The molecule has 0 aliphatic heterocycles. The van der Waals surface area contributed by atoms with E-state index >= 15 is 0 Å². The van der Waals surface area contributed by atoms with Crippen LogP contribution >= 0.6 is 0 Å². The molecule has 0 radical (unpaired) electrons. The molecule has 0 rings (SSSR count). The van der Waals surface area contributed by atoms with E-state index in [9.17, 15) is 0 Å². The summed E-state index contributed by atoms with van der Waals surface area (Å²) in [6.45, 7) is 0. The van der Waals surface area contributed by atoms with E-state index in [1.165, 1.54) is 0 Å². The molecule has 9 nitrogen and oxygen atoms in total. The van der Waals surface area contributed by atoms with Crippen LogP contribution in [0, 0.1) is 0 Å². The third-order valence-electron chi connectivity index (χ3n) is 0. The van der Waals surface area contributed by atoms with Crippen LogP contribution in [0.1, 0.15) is 0 Å². The molecular weight excluding hydrogens is 262 g/mol. The Morgan fingerprint density at radius 1 is 0.538 bits per heavy atom. The molecule has 0 saturated heterocycles. The van der Waals surface area contributed by atoms with Crippen molar-refractivity contribution in [2.24, 2.45) is 0 Å². The molecule has 10 N–H and O–H groups in total. The van der Waals surface area contributed by atoms with Gasteiger partial charge in [0.05, 0.1) is 0 Å². The standard InChI is InChI=1S/K.Na.2H4O4Si.H2O.2H/c;;2*1-5(2,3)4;;;/h;;2*1-4H;1H2;;. The van der Waals surface area contributed by atoms with Gasteiger partial charge in [-0.3, -0.25) is 0 Å². The molecular formula is H12KNaO9Si2. The second kappa shape index (κ2) is 12.8. The SMILES string of the molecule is O.O[Si](O)(O)O.O[Si](O)(O)O.[KH].[NaH]. The van der Waals surface area contributed by atoms with E-state index < -0.39 is 18.1 Å². The Labute approximate surface area is 140 Å². The quantitative estimate of drug-likeness (QED) is 0.199. The molecule has 0 atom stereocenters. The third-order valence-corrected chi connectivity index (χ3v) is 0. The summed E-state index contributed by atoms with van der Waals surface area (Å²) in [5.74, 6) is 0. The van der Waals surface area contributed by atoms with Gasteiger partial charge < -0.3 is 43.8 Å². The summed E-state index contributed by atoms with van der Waals surface area (Å²) in [7, 11) is -9.22. The van der Waals surface area contributed by atoms with E-state index in [0.717, 1.165) is 0 Å². The van der Waals surface area contributed by atoms with Crippen LogP contribution < -0.4 is 0 Å². The fourth-order valence-electron chi connectivity index (χ4n) is 0. The van der Waals surface area contributed by atoms with Crippen molar-refractivity contribution in [1.82, 2.24) is 0 Å². The van der Waals surface area contributed by atoms with E-state index in [1.807, 2.05) is 0 Å². The molecule has 0 heterocycles. The van der Waals surface area contributed by atoms with Gasteiger partial charge in [0.2, 0.25) is 0 Å². The van der Waals surface area contributed by atoms with Crippen molar-refractivity contribution >= 4 is 99.0 Å². The van der Waals surface area contributed by atoms with Gasteiger partial charge in [-0.1, -0.05) is 0 Å². The Bertz CT molecular complexity index is 60.6. The summed E-state index contributed by atoms with van der Waals surface area (Å²) < 4.78 is 0. The molecule has 0 aromatic rings. The van der Waals surface area contributed by atoms with Crippen LogP contribution in [-0.2, 0) is 0 Å². The van der Waals surface area contributed by atoms with Crippen LogP contribution in [-0.4, -0.2) is 143 Å². The minimum atomic E-state index is -4.61. The van der Waals surface area contributed by atoms with Crippen molar-refractivity contribution < 1.29 is 43.8 Å². The predicted octanol–water partition coefficient (Wildman–Crippen LogP) is -7.34. The molecule has 0 bridgehead atoms. The molecule has 76 valence electrons. The van der Waals surface area contributed by atoms with Crippen molar-refractivity contribution in [2.45, 2.75) is 0 Å². The van der Waals surface area contributed by atoms with Gasteiger partial charge in [0.1, 0.15) is 0 Å². The third kappa shape index (κ3) is 324. The van der Waals surface area contributed by atoms with E-state index in [2.05, 4.69) is 0 Å². The number of rotatable bonds is 0. The zero-order chi connectivity index (χ0) is 9.00. The van der Waals surface area contributed by atoms with Gasteiger partial charge in [0.25, 0.3) is 0 Å². The van der Waals surface area contributed by atoms with Gasteiger partial charge in [0, 0.05) is 0 Å². The number of hydrogen-bond acceptors (Lipinski definition) is 8. The van der Waals surface area contributed by atoms with Gasteiger partial charge in [-0.2, -0.15) is 0 Å². The van der Waals surface area contributed by atoms with Crippen LogP contribution in [0.15, 0.2) is 0 Å². The topological polar surface area (TPSA) is 193 Å². The van der Waals surface area contributed by atoms with Gasteiger partial charge in [0.15, 0.2) is 0 Å². The second-order valence-electron chi connectivity index (χ2n) is 1.20. The summed E-state index contributed by atoms with van der Waals surface area (Å²) in [6, 6.07) is 0. The maximum atomic E-state index is 7.33. The zero-order valence-electron chi connectivity index (χ0n) is 5.08. The van der Waals surface area contributed by atoms with E-state index in [4.69, 9.17) is 38.4 Å². The molecule has 0 aliphatic carbocycles. The van der Waals surface area contributed by atoms with E-state index in [-0.39, 0.29) is 86.4 Å². The summed E-state index contributed by atoms with van der Waals surface area (Å²) in [5.41, 5.74) is 0. The van der Waals surface area contributed by atoms with E-state index in [0.29, 0.717) is 0 Å². The van der Waals surface area contributed by atoms with Crippen LogP contribution in [0.2, 0.25) is 0 Å². The minimum absolute atomic E-state index is 0. The van der Waals surface area contributed by atoms with Crippen molar-refractivity contribution in [2.75, 3.05) is 0 Å². The van der Waals surface area contributed by atoms with Crippen molar-refractivity contribution in [3.63, 3.8) is 0 Å². The van der Waals surface area contributed by atoms with Crippen molar-refractivity contribution in [1.29, 1.82) is 0 Å². The molecule has 0 saturated carbocycles. The summed E-state index contributed by atoms with van der Waals surface area (Å²) >= 11 is 0. The van der Waals surface area contributed by atoms with Gasteiger partial charge in [-0.25, -0.2) is 0 Å². The number of hydrogen-bond donors (Lipinski definition) is 8. The van der Waals surface area contributed by atoms with E-state index in [1.54, 1.807) is 0 Å². The van der Waals surface area contributed by atoms with Crippen molar-refractivity contribution in [3.8, 4) is 0 Å². The Kier molecular flexibility index (Phi) is 29.1. The monoisotopic (exact) mass is 274 g/mol. The first kappa shape index (κ1) is 29.6. The van der Waals surface area contributed by atoms with Crippen LogP contribution in [0.25, 0.3) is 0 Å². The van der Waals surface area contributed by atoms with Crippen LogP contribution in [0.4, 0.5) is 0 Å². The fraction of sp³-hybridized carbons (Fsp3) is 0. The normalized spacial score (nSPS) is 9.23. The molecule has 0 spiro atoms. The average molecular weight is 274 g/mol. The molecule has 0 aromatic heterocycles. The molecule has 13 heavy (non-hydrogen) atoms. The first-order chi connectivity index (χ1) is 4.00. The molecule has 0 aliphatic rings. The Hall–Kier alpha value is 2.71. The molecule has 0 amide bonds. The molecule has 0 unspecified atom stereocenters. The Morgan fingerprint density at radius 3 is 0.538 bits per heavy atom. The van der Waals surface area contributed by atoms with Crippen LogP contribution in [0.3, 0.4) is 0 Å². The summed E-state index contributed by atoms with van der Waals surface area (Å²) in [5, 5.41) is 0. The van der Waals surface area contributed by atoms with Crippen LogP contribution in [0.5, 0.6) is 0 Å². The Morgan fingerprint density at radius 2 is 0.538 bits per heavy atom. The van der Waals surface area contributed by atoms with Crippen molar-refractivity contribution in [3.05, 3.63) is 0 Å². The Balaban J connectivity index is -0.0000000267. The molecule has 13 heteroatoms. The summed E-state index contributed by atoms with van der Waals surface area (Å²) in [6.07, 6.45) is 0. The molecule has 0 aromatic carbocycles. The fourth-order valence-corrected chi connectivity index (χ4v) is 0. The maximum absolute atomic E-state index is 7.33. The van der Waals surface area contributed by atoms with Gasteiger partial charge >= 0.3 is 99.0 Å². The van der Waals surface area contributed by atoms with Gasteiger partial charge in [-0.05, 0) is 0 Å². The summed E-state index contributed by atoms with van der Waals surface area (Å²) in [4.78, 5) is 58.6. The second-order valence-corrected chi connectivity index (χ2v) is 3.60. The predicted molar refractivity (Wildman–Crippen MR) is 47.2 cm³/mol. The van der Waals surface area contributed by atoms with Gasteiger partial charge in [-0.15, -0.1) is 0 Å². The average Bonchev–Trinajstić information content (AvgIpc) is 1.12. The first-order valence-electron chi connectivity index (χ1n) is 1.79. The zero-order valence-corrected chi connectivity index (χ0v) is 7.08.